The minimum absolute atomic E-state index is 0.203. The summed E-state index contributed by atoms with van der Waals surface area (Å²) < 4.78 is 0. The molecule has 2 rings (SSSR count). The predicted molar refractivity (Wildman–Crippen MR) is 70.2 cm³/mol. The van der Waals surface area contributed by atoms with Crippen LogP contribution < -0.4 is 16.6 Å². The van der Waals surface area contributed by atoms with E-state index in [4.69, 9.17) is 5.84 Å². The Bertz CT molecular complexity index is 514. The van der Waals surface area contributed by atoms with Crippen LogP contribution in [0.5, 0.6) is 0 Å². The molecule has 0 aromatic carbocycles. The molecule has 2 aromatic rings. The van der Waals surface area contributed by atoms with E-state index in [1.807, 2.05) is 5.38 Å². The smallest absolute Gasteiger partial charge is 0.255 e. The Morgan fingerprint density at radius 1 is 1.44 bits per heavy atom. The van der Waals surface area contributed by atoms with Crippen LogP contribution in [0.4, 0.5) is 5.82 Å². The number of nitrogens with two attached hydrogens (primary N) is 1. The SMILES string of the molecule is NNc1ncccc1C(=O)NCCc1cscn1. The Balaban J connectivity index is 1.91. The number of pyridine rings is 1. The number of rotatable bonds is 5. The molecule has 0 bridgehead atoms. The summed E-state index contributed by atoms with van der Waals surface area (Å²) in [4.78, 5) is 20.0. The number of nitrogens with zero attached hydrogens (tertiary/aromatic N) is 2. The van der Waals surface area contributed by atoms with Gasteiger partial charge >= 0.3 is 0 Å². The van der Waals surface area contributed by atoms with Crippen LogP contribution in [0.3, 0.4) is 0 Å². The molecule has 0 unspecified atom stereocenters. The quantitative estimate of drug-likeness (QED) is 0.548. The third-order valence-corrected chi connectivity index (χ3v) is 2.97. The highest BCUT2D eigenvalue weighted by atomic mass is 32.1. The average molecular weight is 263 g/mol. The van der Waals surface area contributed by atoms with Crippen LogP contribution in [0.25, 0.3) is 0 Å². The summed E-state index contributed by atoms with van der Waals surface area (Å²) in [5.74, 6) is 5.46. The molecule has 1 amide bonds. The molecule has 4 N–H and O–H groups in total. The van der Waals surface area contributed by atoms with Gasteiger partial charge in [-0.3, -0.25) is 4.79 Å². The Morgan fingerprint density at radius 3 is 3.06 bits per heavy atom. The van der Waals surface area contributed by atoms with Crippen molar-refractivity contribution in [1.29, 1.82) is 0 Å². The number of amides is 1. The largest absolute Gasteiger partial charge is 0.352 e. The molecule has 0 aliphatic heterocycles. The minimum atomic E-state index is -0.203. The van der Waals surface area contributed by atoms with Gasteiger partial charge in [0.25, 0.3) is 5.91 Å². The molecule has 0 saturated carbocycles. The molecule has 0 spiro atoms. The van der Waals surface area contributed by atoms with E-state index in [-0.39, 0.29) is 5.91 Å². The number of thiazole rings is 1. The van der Waals surface area contributed by atoms with Crippen molar-refractivity contribution in [2.75, 3.05) is 12.0 Å². The highest BCUT2D eigenvalue weighted by Gasteiger charge is 2.10. The van der Waals surface area contributed by atoms with Gasteiger partial charge in [0.15, 0.2) is 5.82 Å². The monoisotopic (exact) mass is 263 g/mol. The Kier molecular flexibility index (Phi) is 4.21. The van der Waals surface area contributed by atoms with E-state index >= 15 is 0 Å². The molecule has 0 radical (unpaired) electrons. The van der Waals surface area contributed by atoms with Crippen molar-refractivity contribution >= 4 is 23.1 Å². The summed E-state index contributed by atoms with van der Waals surface area (Å²) in [6.45, 7) is 0.529. The van der Waals surface area contributed by atoms with Gasteiger partial charge in [0.05, 0.1) is 16.8 Å². The van der Waals surface area contributed by atoms with E-state index in [0.29, 0.717) is 24.3 Å². The van der Waals surface area contributed by atoms with Crippen LogP contribution in [-0.4, -0.2) is 22.4 Å². The topological polar surface area (TPSA) is 92.9 Å². The van der Waals surface area contributed by atoms with E-state index in [1.54, 1.807) is 35.2 Å². The van der Waals surface area contributed by atoms with E-state index in [9.17, 15) is 4.79 Å². The van der Waals surface area contributed by atoms with Crippen molar-refractivity contribution < 1.29 is 4.79 Å². The van der Waals surface area contributed by atoms with E-state index in [1.165, 1.54) is 0 Å². The molecular weight excluding hydrogens is 250 g/mol. The van der Waals surface area contributed by atoms with Crippen LogP contribution in [0, 0.1) is 0 Å². The molecule has 0 atom stereocenters. The molecule has 2 heterocycles. The summed E-state index contributed by atoms with van der Waals surface area (Å²) in [5.41, 5.74) is 5.57. The Labute approximate surface area is 108 Å². The molecule has 0 aliphatic rings. The predicted octanol–water partition coefficient (Wildman–Crippen LogP) is 0.796. The molecule has 6 nitrogen and oxygen atoms in total. The number of hydrogen-bond acceptors (Lipinski definition) is 6. The van der Waals surface area contributed by atoms with Gasteiger partial charge in [0.1, 0.15) is 0 Å². The normalized spacial score (nSPS) is 10.1. The van der Waals surface area contributed by atoms with Crippen molar-refractivity contribution in [3.8, 4) is 0 Å². The number of anilines is 1. The van der Waals surface area contributed by atoms with Crippen LogP contribution >= 0.6 is 11.3 Å². The van der Waals surface area contributed by atoms with Crippen LogP contribution in [0.1, 0.15) is 16.1 Å². The second-order valence-corrected chi connectivity index (χ2v) is 4.25. The lowest BCUT2D eigenvalue weighted by Gasteiger charge is -2.07. The Hall–Kier alpha value is -1.99. The van der Waals surface area contributed by atoms with Crippen molar-refractivity contribution in [1.82, 2.24) is 15.3 Å². The first kappa shape index (κ1) is 12.5. The van der Waals surface area contributed by atoms with Crippen molar-refractivity contribution in [3.63, 3.8) is 0 Å². The summed E-state index contributed by atoms with van der Waals surface area (Å²) in [5, 5.41) is 4.76. The Morgan fingerprint density at radius 2 is 2.33 bits per heavy atom. The number of carbonyl (C=O) groups is 1. The maximum absolute atomic E-state index is 11.9. The number of nitrogen functional groups attached to an aromatic ring is 1. The molecule has 2 aromatic heterocycles. The van der Waals surface area contributed by atoms with Crippen molar-refractivity contribution in [2.45, 2.75) is 6.42 Å². The molecule has 7 heteroatoms. The van der Waals surface area contributed by atoms with Gasteiger partial charge in [-0.05, 0) is 12.1 Å². The fraction of sp³-hybridized carbons (Fsp3) is 0.182. The molecular formula is C11H13N5OS. The van der Waals surface area contributed by atoms with Gasteiger partial charge in [-0.1, -0.05) is 0 Å². The van der Waals surface area contributed by atoms with Gasteiger partial charge in [0.2, 0.25) is 0 Å². The second-order valence-electron chi connectivity index (χ2n) is 3.53. The van der Waals surface area contributed by atoms with E-state index in [0.717, 1.165) is 5.69 Å². The van der Waals surface area contributed by atoms with E-state index < -0.39 is 0 Å². The number of aromatic nitrogens is 2. The number of hydrazine groups is 1. The van der Waals surface area contributed by atoms with Crippen LogP contribution in [-0.2, 0) is 6.42 Å². The van der Waals surface area contributed by atoms with Crippen molar-refractivity contribution in [2.24, 2.45) is 5.84 Å². The summed E-state index contributed by atoms with van der Waals surface area (Å²) >= 11 is 1.54. The molecule has 94 valence electrons. The van der Waals surface area contributed by atoms with Gasteiger partial charge < -0.3 is 10.7 Å². The van der Waals surface area contributed by atoms with Gasteiger partial charge in [0, 0.05) is 24.5 Å². The number of nitrogens with one attached hydrogen (secondary N) is 2. The maximum atomic E-state index is 11.9. The zero-order valence-corrected chi connectivity index (χ0v) is 10.4. The molecule has 18 heavy (non-hydrogen) atoms. The standard InChI is InChI=1S/C11H13N5OS/c12-16-10-9(2-1-4-13-10)11(17)14-5-3-8-6-18-7-15-8/h1-2,4,6-7H,3,5,12H2,(H,13,16)(H,14,17). The third kappa shape index (κ3) is 3.02. The van der Waals surface area contributed by atoms with E-state index in [2.05, 4.69) is 20.7 Å². The lowest BCUT2D eigenvalue weighted by Crippen LogP contribution is -2.27. The fourth-order valence-corrected chi connectivity index (χ4v) is 2.06. The molecule has 0 aliphatic carbocycles. The first-order valence-electron chi connectivity index (χ1n) is 5.38. The first-order chi connectivity index (χ1) is 8.81. The highest BCUT2D eigenvalue weighted by Crippen LogP contribution is 2.09. The number of carbonyl (C=O) groups excluding carboxylic acids is 1. The minimum Gasteiger partial charge on any atom is -0.352 e. The van der Waals surface area contributed by atoms with Crippen LogP contribution in [0.15, 0.2) is 29.2 Å². The summed E-state index contributed by atoms with van der Waals surface area (Å²) in [7, 11) is 0. The lowest BCUT2D eigenvalue weighted by atomic mass is 10.2. The number of hydrogen-bond donors (Lipinski definition) is 3. The lowest BCUT2D eigenvalue weighted by molar-refractivity contribution is 0.0954. The molecule has 0 fully saturated rings. The average Bonchev–Trinajstić information content (AvgIpc) is 2.91. The van der Waals surface area contributed by atoms with Crippen molar-refractivity contribution in [3.05, 3.63) is 40.5 Å². The van der Waals surface area contributed by atoms with Gasteiger partial charge in [-0.15, -0.1) is 11.3 Å². The zero-order chi connectivity index (χ0) is 12.8. The summed E-state index contributed by atoms with van der Waals surface area (Å²) in [6, 6.07) is 3.36. The fourth-order valence-electron chi connectivity index (χ4n) is 1.46. The van der Waals surface area contributed by atoms with Gasteiger partial charge in [-0.25, -0.2) is 15.8 Å². The molecule has 0 saturated heterocycles. The zero-order valence-electron chi connectivity index (χ0n) is 9.59. The first-order valence-corrected chi connectivity index (χ1v) is 6.32. The third-order valence-electron chi connectivity index (χ3n) is 2.34. The second kappa shape index (κ2) is 6.08. The van der Waals surface area contributed by atoms with Crippen LogP contribution in [0.2, 0.25) is 0 Å². The highest BCUT2D eigenvalue weighted by molar-refractivity contribution is 7.07. The summed E-state index contributed by atoms with van der Waals surface area (Å²) in [6.07, 6.45) is 2.28. The maximum Gasteiger partial charge on any atom is 0.255 e. The van der Waals surface area contributed by atoms with Gasteiger partial charge in [-0.2, -0.15) is 0 Å².